The van der Waals surface area contributed by atoms with Crippen molar-refractivity contribution in [1.82, 2.24) is 5.32 Å². The minimum Gasteiger partial charge on any atom is -0.488 e. The molecule has 21 heavy (non-hydrogen) atoms. The molecule has 0 bridgehead atoms. The second-order valence-corrected chi connectivity index (χ2v) is 6.08. The van der Waals surface area contributed by atoms with Crippen molar-refractivity contribution in [2.75, 3.05) is 0 Å². The highest BCUT2D eigenvalue weighted by molar-refractivity contribution is 9.10. The molecule has 2 aromatic rings. The number of benzene rings is 2. The van der Waals surface area contributed by atoms with Crippen LogP contribution >= 0.6 is 15.9 Å². The van der Waals surface area contributed by atoms with Crippen LogP contribution in [0.2, 0.25) is 0 Å². The molecule has 0 aliphatic rings. The van der Waals surface area contributed by atoms with Crippen molar-refractivity contribution in [2.24, 2.45) is 0 Å². The first-order valence-electron chi connectivity index (χ1n) is 7.37. The van der Waals surface area contributed by atoms with Crippen molar-refractivity contribution in [2.45, 2.75) is 39.5 Å². The van der Waals surface area contributed by atoms with Crippen LogP contribution < -0.4 is 10.1 Å². The molecule has 0 heterocycles. The molecule has 2 nitrogen and oxygen atoms in total. The zero-order valence-corrected chi connectivity index (χ0v) is 14.2. The Labute approximate surface area is 135 Å². The van der Waals surface area contributed by atoms with Crippen LogP contribution in [0.15, 0.2) is 53.0 Å². The van der Waals surface area contributed by atoms with E-state index in [1.165, 1.54) is 11.1 Å². The molecule has 0 radical (unpaired) electrons. The smallest absolute Gasteiger partial charge is 0.134 e. The predicted octanol–water partition coefficient (Wildman–Crippen LogP) is 4.92. The fraction of sp³-hybridized carbons (Fsp3) is 0.333. The van der Waals surface area contributed by atoms with Gasteiger partial charge in [-0.25, -0.2) is 0 Å². The van der Waals surface area contributed by atoms with Gasteiger partial charge in [0.1, 0.15) is 12.4 Å². The normalized spacial score (nSPS) is 12.1. The van der Waals surface area contributed by atoms with Crippen LogP contribution in [0.3, 0.4) is 0 Å². The summed E-state index contributed by atoms with van der Waals surface area (Å²) in [5.41, 5.74) is 2.43. The third kappa shape index (κ3) is 5.18. The molecular formula is C18H22BrNO. The van der Waals surface area contributed by atoms with E-state index in [1.807, 2.05) is 24.3 Å². The maximum absolute atomic E-state index is 5.86. The van der Waals surface area contributed by atoms with Crippen LogP contribution in [0, 0.1) is 0 Å². The minimum atomic E-state index is 0.540. The highest BCUT2D eigenvalue weighted by atomic mass is 79.9. The lowest BCUT2D eigenvalue weighted by Gasteiger charge is -2.13. The van der Waals surface area contributed by atoms with Gasteiger partial charge in [0.05, 0.1) is 4.47 Å². The van der Waals surface area contributed by atoms with Gasteiger partial charge < -0.3 is 10.1 Å². The van der Waals surface area contributed by atoms with Gasteiger partial charge >= 0.3 is 0 Å². The highest BCUT2D eigenvalue weighted by Gasteiger charge is 2.04. The Balaban J connectivity index is 1.93. The number of rotatable bonds is 7. The first-order valence-corrected chi connectivity index (χ1v) is 8.17. The van der Waals surface area contributed by atoms with Crippen LogP contribution in [-0.2, 0) is 13.2 Å². The molecule has 2 rings (SSSR count). The van der Waals surface area contributed by atoms with Crippen LogP contribution in [0.4, 0.5) is 0 Å². The van der Waals surface area contributed by atoms with Gasteiger partial charge in [-0.05, 0) is 52.5 Å². The zero-order valence-electron chi connectivity index (χ0n) is 12.6. The lowest BCUT2D eigenvalue weighted by molar-refractivity contribution is 0.304. The first kappa shape index (κ1) is 16.1. The number of hydrogen-bond donors (Lipinski definition) is 1. The maximum atomic E-state index is 5.86. The summed E-state index contributed by atoms with van der Waals surface area (Å²) in [4.78, 5) is 0. The average molecular weight is 348 g/mol. The summed E-state index contributed by atoms with van der Waals surface area (Å²) in [5.74, 6) is 0.881. The Morgan fingerprint density at radius 2 is 1.86 bits per heavy atom. The zero-order chi connectivity index (χ0) is 15.1. The van der Waals surface area contributed by atoms with Gasteiger partial charge in [-0.15, -0.1) is 0 Å². The van der Waals surface area contributed by atoms with E-state index in [-0.39, 0.29) is 0 Å². The lowest BCUT2D eigenvalue weighted by Crippen LogP contribution is -2.24. The quantitative estimate of drug-likeness (QED) is 0.767. The molecule has 0 spiro atoms. The summed E-state index contributed by atoms with van der Waals surface area (Å²) in [6.07, 6.45) is 1.14. The molecule has 0 amide bonds. The third-order valence-corrected chi connectivity index (χ3v) is 4.12. The fourth-order valence-electron chi connectivity index (χ4n) is 1.94. The van der Waals surface area contributed by atoms with Crippen molar-refractivity contribution in [3.05, 3.63) is 64.1 Å². The lowest BCUT2D eigenvalue weighted by atomic mass is 10.2. The molecule has 0 aliphatic carbocycles. The van der Waals surface area contributed by atoms with Gasteiger partial charge in [-0.1, -0.05) is 43.3 Å². The number of hydrogen-bond acceptors (Lipinski definition) is 2. The number of halogens is 1. The molecule has 0 saturated heterocycles. The van der Waals surface area contributed by atoms with Gasteiger partial charge in [0.25, 0.3) is 0 Å². The molecule has 0 saturated carbocycles. The molecule has 0 unspecified atom stereocenters. The molecule has 1 atom stereocenters. The van der Waals surface area contributed by atoms with Gasteiger partial charge in [-0.3, -0.25) is 0 Å². The molecule has 0 aromatic heterocycles. The van der Waals surface area contributed by atoms with Crippen molar-refractivity contribution >= 4 is 15.9 Å². The monoisotopic (exact) mass is 347 g/mol. The van der Waals surface area contributed by atoms with Crippen molar-refractivity contribution in [3.8, 4) is 5.75 Å². The summed E-state index contributed by atoms with van der Waals surface area (Å²) < 4.78 is 6.86. The molecule has 3 heteroatoms. The fourth-order valence-corrected chi connectivity index (χ4v) is 2.48. The van der Waals surface area contributed by atoms with E-state index in [2.05, 4.69) is 59.4 Å². The summed E-state index contributed by atoms with van der Waals surface area (Å²) in [6, 6.07) is 17.0. The molecule has 112 valence electrons. The molecule has 0 aliphatic heterocycles. The van der Waals surface area contributed by atoms with Gasteiger partial charge in [0, 0.05) is 12.6 Å². The minimum absolute atomic E-state index is 0.540. The van der Waals surface area contributed by atoms with E-state index in [4.69, 9.17) is 4.74 Å². The highest BCUT2D eigenvalue weighted by Crippen LogP contribution is 2.26. The van der Waals surface area contributed by atoms with E-state index in [1.54, 1.807) is 0 Å². The van der Waals surface area contributed by atoms with Crippen LogP contribution in [0.25, 0.3) is 0 Å². The SMILES string of the molecule is CC[C@H](C)NCc1ccc(OCc2ccccc2)c(Br)c1. The summed E-state index contributed by atoms with van der Waals surface area (Å²) in [5, 5.41) is 3.49. The van der Waals surface area contributed by atoms with Crippen molar-refractivity contribution in [3.63, 3.8) is 0 Å². The van der Waals surface area contributed by atoms with E-state index in [0.717, 1.165) is 23.2 Å². The second-order valence-electron chi connectivity index (χ2n) is 5.23. The number of ether oxygens (including phenoxy) is 1. The number of nitrogens with one attached hydrogen (secondary N) is 1. The molecule has 0 fully saturated rings. The van der Waals surface area contributed by atoms with Gasteiger partial charge in [-0.2, -0.15) is 0 Å². The Hall–Kier alpha value is -1.32. The largest absolute Gasteiger partial charge is 0.488 e. The van der Waals surface area contributed by atoms with Gasteiger partial charge in [0.15, 0.2) is 0 Å². The third-order valence-electron chi connectivity index (χ3n) is 3.50. The second kappa shape index (κ2) is 8.20. The Morgan fingerprint density at radius 3 is 2.52 bits per heavy atom. The van der Waals surface area contributed by atoms with Crippen LogP contribution in [0.5, 0.6) is 5.75 Å². The summed E-state index contributed by atoms with van der Waals surface area (Å²) in [6.45, 7) is 5.86. The Morgan fingerprint density at radius 1 is 1.10 bits per heavy atom. The standard InChI is InChI=1S/C18H22BrNO/c1-3-14(2)20-12-16-9-10-18(17(19)11-16)21-13-15-7-5-4-6-8-15/h4-11,14,20H,3,12-13H2,1-2H3/t14-/m0/s1. The summed E-state index contributed by atoms with van der Waals surface area (Å²) in [7, 11) is 0. The van der Waals surface area contributed by atoms with Crippen molar-refractivity contribution in [1.29, 1.82) is 0 Å². The van der Waals surface area contributed by atoms with Crippen LogP contribution in [0.1, 0.15) is 31.4 Å². The molecule has 1 N–H and O–H groups in total. The topological polar surface area (TPSA) is 21.3 Å². The molecular weight excluding hydrogens is 326 g/mol. The summed E-state index contributed by atoms with van der Waals surface area (Å²) >= 11 is 3.59. The maximum Gasteiger partial charge on any atom is 0.134 e. The van der Waals surface area contributed by atoms with E-state index < -0.39 is 0 Å². The average Bonchev–Trinajstić information content (AvgIpc) is 2.52. The molecule has 2 aromatic carbocycles. The predicted molar refractivity (Wildman–Crippen MR) is 91.5 cm³/mol. The Kier molecular flexibility index (Phi) is 6.27. The Bertz CT molecular complexity index is 556. The van der Waals surface area contributed by atoms with Crippen LogP contribution in [-0.4, -0.2) is 6.04 Å². The van der Waals surface area contributed by atoms with E-state index in [9.17, 15) is 0 Å². The van der Waals surface area contributed by atoms with E-state index >= 15 is 0 Å². The van der Waals surface area contributed by atoms with E-state index in [0.29, 0.717) is 12.6 Å². The van der Waals surface area contributed by atoms with Gasteiger partial charge in [0.2, 0.25) is 0 Å². The first-order chi connectivity index (χ1) is 10.2. The van der Waals surface area contributed by atoms with Crippen molar-refractivity contribution < 1.29 is 4.74 Å².